The van der Waals surface area contributed by atoms with Gasteiger partial charge in [-0.05, 0) is 44.9 Å². The largest absolute Gasteiger partial charge is 0.462 e. The van der Waals surface area contributed by atoms with Gasteiger partial charge in [-0.3, -0.25) is 9.59 Å². The third-order valence-electron chi connectivity index (χ3n) is 11.4. The molecule has 0 aliphatic carbocycles. The molecule has 2 aliphatic heterocycles. The molecular formula is C47H84O15. The third kappa shape index (κ3) is 23.8. The predicted octanol–water partition coefficient (Wildman–Crippen LogP) is 5.60. The van der Waals surface area contributed by atoms with Crippen LogP contribution >= 0.6 is 0 Å². The fraction of sp³-hybridized carbons (Fsp3) is 0.872. The molecule has 2 fully saturated rings. The summed E-state index contributed by atoms with van der Waals surface area (Å²) >= 11 is 0. The molecule has 62 heavy (non-hydrogen) atoms. The molecule has 0 aromatic rings. The number of aliphatic hydroxyl groups is 7. The summed E-state index contributed by atoms with van der Waals surface area (Å²) in [6.45, 7) is 2.53. The Bertz CT molecular complexity index is 1180. The van der Waals surface area contributed by atoms with E-state index in [0.29, 0.717) is 12.8 Å². The van der Waals surface area contributed by atoms with Crippen molar-refractivity contribution in [1.82, 2.24) is 0 Å². The average molecular weight is 889 g/mol. The smallest absolute Gasteiger partial charge is 0.306 e. The topological polar surface area (TPSA) is 231 Å². The number of rotatable bonds is 36. The fourth-order valence-corrected chi connectivity index (χ4v) is 7.42. The van der Waals surface area contributed by atoms with Crippen LogP contribution in [0.4, 0.5) is 0 Å². The summed E-state index contributed by atoms with van der Waals surface area (Å²) in [6.07, 6.45) is 16.4. The van der Waals surface area contributed by atoms with Gasteiger partial charge in [-0.2, -0.15) is 0 Å². The van der Waals surface area contributed by atoms with Gasteiger partial charge in [0.2, 0.25) is 0 Å². The Labute approximate surface area is 371 Å². The third-order valence-corrected chi connectivity index (χ3v) is 11.4. The standard InChI is InChI=1S/C47H84O15/c1-3-5-7-9-11-13-15-16-17-18-20-22-24-26-28-30-39(50)60-35(32-57-38(49)29-27-25-23-21-19-14-12-10-8-6-4-2)33-58-46-45(56)43(54)41(52)37(62-46)34-59-47-44(55)42(53)40(51)36(31-48)61-47/h11,13,16-17,35-37,40-48,51-56H,3-10,12,14-15,18-34H2,1-2H3/b13-11-,17-16-. The quantitative estimate of drug-likeness (QED) is 0.0231. The number of carbonyl (C=O) groups excluding carboxylic acids is 2. The van der Waals surface area contributed by atoms with Crippen molar-refractivity contribution >= 4 is 11.9 Å². The van der Waals surface area contributed by atoms with E-state index in [1.165, 1.54) is 64.2 Å². The van der Waals surface area contributed by atoms with Crippen LogP contribution < -0.4 is 0 Å². The molecule has 11 atom stereocenters. The lowest BCUT2D eigenvalue weighted by molar-refractivity contribution is -0.332. The summed E-state index contributed by atoms with van der Waals surface area (Å²) in [5.41, 5.74) is 0. The van der Waals surface area contributed by atoms with E-state index in [-0.39, 0.29) is 26.1 Å². The maximum absolute atomic E-state index is 12.9. The summed E-state index contributed by atoms with van der Waals surface area (Å²) in [6, 6.07) is 0. The van der Waals surface area contributed by atoms with Gasteiger partial charge in [0.1, 0.15) is 55.4 Å². The van der Waals surface area contributed by atoms with Gasteiger partial charge in [0.05, 0.1) is 19.8 Å². The lowest BCUT2D eigenvalue weighted by atomic mass is 9.98. The summed E-state index contributed by atoms with van der Waals surface area (Å²) in [7, 11) is 0. The molecule has 0 bridgehead atoms. The van der Waals surface area contributed by atoms with Crippen LogP contribution in [0, 0.1) is 0 Å². The van der Waals surface area contributed by atoms with Crippen molar-refractivity contribution in [1.29, 1.82) is 0 Å². The van der Waals surface area contributed by atoms with Gasteiger partial charge in [0.25, 0.3) is 0 Å². The Kier molecular flexibility index (Phi) is 31.9. The van der Waals surface area contributed by atoms with Crippen molar-refractivity contribution in [3.63, 3.8) is 0 Å². The molecule has 15 nitrogen and oxygen atoms in total. The van der Waals surface area contributed by atoms with E-state index in [0.717, 1.165) is 64.2 Å². The molecule has 0 aromatic heterocycles. The second-order valence-electron chi connectivity index (χ2n) is 16.9. The molecule has 0 saturated carbocycles. The number of ether oxygens (including phenoxy) is 6. The first-order chi connectivity index (χ1) is 30.0. The van der Waals surface area contributed by atoms with Gasteiger partial charge in [-0.1, -0.05) is 134 Å². The van der Waals surface area contributed by atoms with Gasteiger partial charge in [0, 0.05) is 12.8 Å². The number of unbranched alkanes of at least 4 members (excludes halogenated alkanes) is 18. The maximum Gasteiger partial charge on any atom is 0.306 e. The Morgan fingerprint density at radius 2 is 0.968 bits per heavy atom. The minimum absolute atomic E-state index is 0.151. The van der Waals surface area contributed by atoms with Crippen molar-refractivity contribution in [3.05, 3.63) is 24.3 Å². The molecule has 11 unspecified atom stereocenters. The van der Waals surface area contributed by atoms with Crippen LogP contribution in [0.5, 0.6) is 0 Å². The van der Waals surface area contributed by atoms with Crippen LogP contribution in [-0.2, 0) is 38.0 Å². The van der Waals surface area contributed by atoms with E-state index in [2.05, 4.69) is 38.2 Å². The van der Waals surface area contributed by atoms with Crippen molar-refractivity contribution in [3.8, 4) is 0 Å². The molecule has 0 radical (unpaired) electrons. The first-order valence-electron chi connectivity index (χ1n) is 23.9. The van der Waals surface area contributed by atoms with Crippen molar-refractivity contribution < 1.29 is 73.8 Å². The van der Waals surface area contributed by atoms with Crippen LogP contribution in [0.2, 0.25) is 0 Å². The van der Waals surface area contributed by atoms with Gasteiger partial charge in [0.15, 0.2) is 18.7 Å². The van der Waals surface area contributed by atoms with Gasteiger partial charge in [-0.15, -0.1) is 0 Å². The van der Waals surface area contributed by atoms with E-state index in [9.17, 15) is 45.3 Å². The lowest BCUT2D eigenvalue weighted by Crippen LogP contribution is -2.61. The van der Waals surface area contributed by atoms with E-state index in [4.69, 9.17) is 28.4 Å². The number of hydrogen-bond acceptors (Lipinski definition) is 15. The van der Waals surface area contributed by atoms with Gasteiger partial charge in [-0.25, -0.2) is 0 Å². The second-order valence-corrected chi connectivity index (χ2v) is 16.9. The molecule has 2 saturated heterocycles. The Balaban J connectivity index is 1.85. The monoisotopic (exact) mass is 889 g/mol. The number of allylic oxidation sites excluding steroid dienone is 4. The lowest BCUT2D eigenvalue weighted by Gasteiger charge is -2.42. The number of hydrogen-bond donors (Lipinski definition) is 7. The molecular weight excluding hydrogens is 805 g/mol. The van der Waals surface area contributed by atoms with E-state index < -0.39 is 92.7 Å². The second kappa shape index (κ2) is 35.3. The molecule has 15 heteroatoms. The molecule has 0 aromatic carbocycles. The van der Waals surface area contributed by atoms with Crippen LogP contribution in [-0.4, -0.2) is 142 Å². The van der Waals surface area contributed by atoms with Crippen molar-refractivity contribution in [2.45, 2.75) is 235 Å². The minimum atomic E-state index is -1.76. The summed E-state index contributed by atoms with van der Waals surface area (Å²) in [5.74, 6) is -0.939. The highest BCUT2D eigenvalue weighted by atomic mass is 16.7. The fourth-order valence-electron chi connectivity index (χ4n) is 7.42. The SMILES string of the molecule is CCCCC/C=C\C/C=C\CCCCCCCC(=O)OC(COC(=O)CCCCCCCCCCCCC)COC1OC(COC2OC(CO)C(O)C(O)C2O)C(O)C(O)C1O. The minimum Gasteiger partial charge on any atom is -0.462 e. The molecule has 7 N–H and O–H groups in total. The average Bonchev–Trinajstić information content (AvgIpc) is 3.26. The highest BCUT2D eigenvalue weighted by Gasteiger charge is 2.47. The molecule has 362 valence electrons. The molecule has 2 heterocycles. The molecule has 0 spiro atoms. The van der Waals surface area contributed by atoms with Crippen LogP contribution in [0.3, 0.4) is 0 Å². The van der Waals surface area contributed by atoms with Crippen LogP contribution in [0.25, 0.3) is 0 Å². The highest BCUT2D eigenvalue weighted by Crippen LogP contribution is 2.26. The Hall–Kier alpha value is -2.02. The van der Waals surface area contributed by atoms with E-state index in [1.54, 1.807) is 0 Å². The summed E-state index contributed by atoms with van der Waals surface area (Å²) in [5, 5.41) is 71.9. The van der Waals surface area contributed by atoms with E-state index >= 15 is 0 Å². The summed E-state index contributed by atoms with van der Waals surface area (Å²) in [4.78, 5) is 25.6. The zero-order valence-electron chi connectivity index (χ0n) is 37.9. The Morgan fingerprint density at radius 1 is 0.516 bits per heavy atom. The molecule has 2 aliphatic rings. The van der Waals surface area contributed by atoms with Crippen LogP contribution in [0.1, 0.15) is 168 Å². The number of carbonyl (C=O) groups is 2. The molecule has 0 amide bonds. The zero-order chi connectivity index (χ0) is 45.4. The predicted molar refractivity (Wildman–Crippen MR) is 234 cm³/mol. The molecule has 2 rings (SSSR count). The van der Waals surface area contributed by atoms with E-state index in [1.807, 2.05) is 0 Å². The van der Waals surface area contributed by atoms with Crippen LogP contribution in [0.15, 0.2) is 24.3 Å². The Morgan fingerprint density at radius 3 is 1.53 bits per heavy atom. The van der Waals surface area contributed by atoms with Gasteiger partial charge >= 0.3 is 11.9 Å². The normalized spacial score (nSPS) is 27.2. The summed E-state index contributed by atoms with van der Waals surface area (Å²) < 4.78 is 33.5. The first kappa shape index (κ1) is 56.1. The van der Waals surface area contributed by atoms with Crippen molar-refractivity contribution in [2.24, 2.45) is 0 Å². The van der Waals surface area contributed by atoms with Crippen molar-refractivity contribution in [2.75, 3.05) is 26.4 Å². The van der Waals surface area contributed by atoms with Gasteiger partial charge < -0.3 is 64.2 Å². The maximum atomic E-state index is 12.9. The number of esters is 2. The number of aliphatic hydroxyl groups excluding tert-OH is 7. The highest BCUT2D eigenvalue weighted by molar-refractivity contribution is 5.70. The zero-order valence-corrected chi connectivity index (χ0v) is 37.9. The first-order valence-corrected chi connectivity index (χ1v) is 23.9.